The van der Waals surface area contributed by atoms with Gasteiger partial charge in [0.1, 0.15) is 5.75 Å². The molecule has 7 nitrogen and oxygen atoms in total. The predicted molar refractivity (Wildman–Crippen MR) is 118 cm³/mol. The van der Waals surface area contributed by atoms with E-state index in [1.807, 2.05) is 37.3 Å². The van der Waals surface area contributed by atoms with Crippen LogP contribution < -0.4 is 20.5 Å². The molecule has 0 amide bonds. The van der Waals surface area contributed by atoms with E-state index in [9.17, 15) is 8.42 Å². The molecule has 0 aliphatic heterocycles. The van der Waals surface area contributed by atoms with Crippen molar-refractivity contribution in [3.05, 3.63) is 59.7 Å². The lowest BCUT2D eigenvalue weighted by Gasteiger charge is -2.13. The Balaban J connectivity index is 0.00000364. The van der Waals surface area contributed by atoms with Crippen LogP contribution >= 0.6 is 24.0 Å². The van der Waals surface area contributed by atoms with E-state index in [0.717, 1.165) is 16.9 Å². The van der Waals surface area contributed by atoms with Crippen LogP contribution in [0, 0.1) is 0 Å². The van der Waals surface area contributed by atoms with Gasteiger partial charge in [-0.3, -0.25) is 0 Å². The number of nitrogens with one attached hydrogen (secondary N) is 2. The fourth-order valence-corrected chi connectivity index (χ4v) is 2.94. The van der Waals surface area contributed by atoms with E-state index in [4.69, 9.17) is 9.88 Å². The Kier molecular flexibility index (Phi) is 9.53. The quantitative estimate of drug-likeness (QED) is 0.305. The molecule has 0 aliphatic carbocycles. The van der Waals surface area contributed by atoms with Crippen molar-refractivity contribution in [2.24, 2.45) is 10.1 Å². The molecule has 0 saturated carbocycles. The lowest BCUT2D eigenvalue weighted by atomic mass is 10.2. The van der Waals surface area contributed by atoms with Gasteiger partial charge in [0.15, 0.2) is 5.96 Å². The number of guanidine groups is 1. The normalized spacial score (nSPS) is 11.4. The minimum Gasteiger partial charge on any atom is -0.496 e. The van der Waals surface area contributed by atoms with Gasteiger partial charge in [-0.25, -0.2) is 18.5 Å². The van der Waals surface area contributed by atoms with Gasteiger partial charge in [0, 0.05) is 18.7 Å². The van der Waals surface area contributed by atoms with E-state index < -0.39 is 10.0 Å². The van der Waals surface area contributed by atoms with Gasteiger partial charge < -0.3 is 15.4 Å². The number of nitrogens with zero attached hydrogens (tertiary/aromatic N) is 1. The minimum absolute atomic E-state index is 0. The summed E-state index contributed by atoms with van der Waals surface area (Å²) in [5.74, 6) is 1.43. The second-order valence-corrected chi connectivity index (χ2v) is 7.11. The van der Waals surface area contributed by atoms with Gasteiger partial charge in [-0.2, -0.15) is 0 Å². The molecule has 0 heterocycles. The van der Waals surface area contributed by atoms with E-state index >= 15 is 0 Å². The van der Waals surface area contributed by atoms with Gasteiger partial charge in [0.05, 0.1) is 18.6 Å². The number of benzene rings is 2. The first-order valence-electron chi connectivity index (χ1n) is 8.20. The highest BCUT2D eigenvalue weighted by Gasteiger charge is 2.08. The molecule has 0 saturated heterocycles. The SMILES string of the molecule is CCNC(=NCc1cccc(S(N)(=O)=O)c1)NCc1ccccc1OC.I. The molecule has 0 aliphatic rings. The number of hydrogen-bond acceptors (Lipinski definition) is 4. The molecule has 0 spiro atoms. The average molecular weight is 504 g/mol. The van der Waals surface area contributed by atoms with Crippen LogP contribution in [0.25, 0.3) is 0 Å². The van der Waals surface area contributed by atoms with Crippen LogP contribution in [-0.4, -0.2) is 28.0 Å². The summed E-state index contributed by atoms with van der Waals surface area (Å²) in [6.07, 6.45) is 0. The molecule has 0 unspecified atom stereocenters. The average Bonchev–Trinajstić information content (AvgIpc) is 2.63. The first-order valence-corrected chi connectivity index (χ1v) is 9.74. The van der Waals surface area contributed by atoms with E-state index in [-0.39, 0.29) is 28.9 Å². The number of ether oxygens (including phenoxy) is 1. The maximum Gasteiger partial charge on any atom is 0.238 e. The molecule has 0 aromatic heterocycles. The Morgan fingerprint density at radius 3 is 2.56 bits per heavy atom. The van der Waals surface area contributed by atoms with Gasteiger partial charge in [-0.1, -0.05) is 30.3 Å². The monoisotopic (exact) mass is 504 g/mol. The van der Waals surface area contributed by atoms with Crippen molar-refractivity contribution in [2.45, 2.75) is 24.9 Å². The molecular weight excluding hydrogens is 479 g/mol. The van der Waals surface area contributed by atoms with Crippen molar-refractivity contribution >= 4 is 40.0 Å². The third-order valence-electron chi connectivity index (χ3n) is 3.63. The van der Waals surface area contributed by atoms with E-state index in [0.29, 0.717) is 25.6 Å². The lowest BCUT2D eigenvalue weighted by Crippen LogP contribution is -2.36. The second kappa shape index (κ2) is 11.1. The standard InChI is InChI=1S/C18H24N4O3S.HI/c1-3-20-18(22-13-15-8-4-5-10-17(15)25-2)21-12-14-7-6-9-16(11-14)26(19,23)24;/h4-11H,3,12-13H2,1-2H3,(H2,19,23,24)(H2,20,21,22);1H. The summed E-state index contributed by atoms with van der Waals surface area (Å²) in [5, 5.41) is 11.6. The maximum atomic E-state index is 11.5. The number of primary sulfonamides is 1. The zero-order chi connectivity index (χ0) is 19.0. The number of para-hydroxylation sites is 1. The number of nitrogens with two attached hydrogens (primary N) is 1. The smallest absolute Gasteiger partial charge is 0.238 e. The molecule has 2 aromatic rings. The summed E-state index contributed by atoms with van der Waals surface area (Å²) >= 11 is 0. The summed E-state index contributed by atoms with van der Waals surface area (Å²) in [4.78, 5) is 4.58. The second-order valence-electron chi connectivity index (χ2n) is 5.55. The van der Waals surface area contributed by atoms with Gasteiger partial charge in [-0.15, -0.1) is 24.0 Å². The Morgan fingerprint density at radius 2 is 1.89 bits per heavy atom. The van der Waals surface area contributed by atoms with Gasteiger partial charge >= 0.3 is 0 Å². The van der Waals surface area contributed by atoms with Gasteiger partial charge in [0.2, 0.25) is 10.0 Å². The third-order valence-corrected chi connectivity index (χ3v) is 4.54. The van der Waals surface area contributed by atoms with Crippen LogP contribution in [0.15, 0.2) is 58.4 Å². The predicted octanol–water partition coefficient (Wildman–Crippen LogP) is 2.22. The maximum absolute atomic E-state index is 11.5. The molecule has 27 heavy (non-hydrogen) atoms. The van der Waals surface area contributed by atoms with Crippen LogP contribution in [0.1, 0.15) is 18.1 Å². The van der Waals surface area contributed by atoms with Crippen molar-refractivity contribution in [1.82, 2.24) is 10.6 Å². The zero-order valence-corrected chi connectivity index (χ0v) is 18.5. The van der Waals surface area contributed by atoms with Crippen molar-refractivity contribution in [3.63, 3.8) is 0 Å². The molecule has 0 radical (unpaired) electrons. The number of rotatable bonds is 7. The summed E-state index contributed by atoms with van der Waals surface area (Å²) in [7, 11) is -2.09. The van der Waals surface area contributed by atoms with Crippen molar-refractivity contribution in [2.75, 3.05) is 13.7 Å². The Labute approximate surface area is 177 Å². The lowest BCUT2D eigenvalue weighted by molar-refractivity contribution is 0.409. The number of aliphatic imine (C=N–C) groups is 1. The molecular formula is C18H25IN4O3S. The molecule has 2 aromatic carbocycles. The largest absolute Gasteiger partial charge is 0.496 e. The fraction of sp³-hybridized carbons (Fsp3) is 0.278. The Morgan fingerprint density at radius 1 is 1.15 bits per heavy atom. The number of sulfonamides is 1. The van der Waals surface area contributed by atoms with Crippen molar-refractivity contribution in [3.8, 4) is 5.75 Å². The summed E-state index contributed by atoms with van der Waals surface area (Å²) in [5.41, 5.74) is 1.77. The molecule has 148 valence electrons. The Hall–Kier alpha value is -1.85. The first kappa shape index (κ1) is 23.2. The molecule has 9 heteroatoms. The van der Waals surface area contributed by atoms with Crippen molar-refractivity contribution < 1.29 is 13.2 Å². The highest BCUT2D eigenvalue weighted by atomic mass is 127. The van der Waals surface area contributed by atoms with Gasteiger partial charge in [0.25, 0.3) is 0 Å². The van der Waals surface area contributed by atoms with Crippen LogP contribution in [-0.2, 0) is 23.1 Å². The number of methoxy groups -OCH3 is 1. The van der Waals surface area contributed by atoms with Crippen LogP contribution in [0.5, 0.6) is 5.75 Å². The number of hydrogen-bond donors (Lipinski definition) is 3. The molecule has 0 fully saturated rings. The Bertz CT molecular complexity index is 872. The minimum atomic E-state index is -3.72. The summed E-state index contributed by atoms with van der Waals surface area (Å²) in [6.45, 7) is 3.55. The van der Waals surface area contributed by atoms with Crippen LogP contribution in [0.4, 0.5) is 0 Å². The van der Waals surface area contributed by atoms with Crippen LogP contribution in [0.3, 0.4) is 0 Å². The van der Waals surface area contributed by atoms with Crippen LogP contribution in [0.2, 0.25) is 0 Å². The number of halogens is 1. The zero-order valence-electron chi connectivity index (χ0n) is 15.3. The molecule has 0 bridgehead atoms. The third kappa shape index (κ3) is 7.35. The fourth-order valence-electron chi connectivity index (χ4n) is 2.36. The van der Waals surface area contributed by atoms with E-state index in [1.54, 1.807) is 13.2 Å². The summed E-state index contributed by atoms with van der Waals surface area (Å²) in [6, 6.07) is 14.2. The van der Waals surface area contributed by atoms with E-state index in [1.165, 1.54) is 12.1 Å². The molecule has 0 atom stereocenters. The topological polar surface area (TPSA) is 106 Å². The highest BCUT2D eigenvalue weighted by molar-refractivity contribution is 14.0. The molecule has 2 rings (SSSR count). The first-order chi connectivity index (χ1) is 12.4. The van der Waals surface area contributed by atoms with Gasteiger partial charge in [-0.05, 0) is 30.7 Å². The highest BCUT2D eigenvalue weighted by Crippen LogP contribution is 2.16. The van der Waals surface area contributed by atoms with Crippen molar-refractivity contribution in [1.29, 1.82) is 0 Å². The van der Waals surface area contributed by atoms with E-state index in [2.05, 4.69) is 15.6 Å². The summed E-state index contributed by atoms with van der Waals surface area (Å²) < 4.78 is 28.2. The molecule has 4 N–H and O–H groups in total.